The third-order valence-corrected chi connectivity index (χ3v) is 7.41. The van der Waals surface area contributed by atoms with E-state index < -0.39 is 41.8 Å². The second kappa shape index (κ2) is 9.73. The van der Waals surface area contributed by atoms with Gasteiger partial charge in [0, 0.05) is 44.0 Å². The highest BCUT2D eigenvalue weighted by Gasteiger charge is 2.60. The molecule has 4 rings (SSSR count). The molecular formula is C23H26F9N3O2. The summed E-state index contributed by atoms with van der Waals surface area (Å²) in [7, 11) is 0. The molecule has 0 saturated carbocycles. The number of hydrogen-bond acceptors (Lipinski definition) is 4. The number of ether oxygens (including phenoxy) is 1. The Labute approximate surface area is 207 Å². The van der Waals surface area contributed by atoms with E-state index in [-0.39, 0.29) is 32.5 Å². The van der Waals surface area contributed by atoms with Gasteiger partial charge < -0.3 is 14.5 Å². The highest BCUT2D eigenvalue weighted by atomic mass is 19.4. The van der Waals surface area contributed by atoms with Crippen molar-refractivity contribution < 1.29 is 49.0 Å². The topological polar surface area (TPSA) is 36.0 Å². The summed E-state index contributed by atoms with van der Waals surface area (Å²) >= 11 is 0. The lowest BCUT2D eigenvalue weighted by Crippen LogP contribution is -2.54. The van der Waals surface area contributed by atoms with Crippen molar-refractivity contribution >= 4 is 11.8 Å². The maximum atomic E-state index is 13.5. The summed E-state index contributed by atoms with van der Waals surface area (Å²) in [6.07, 6.45) is -19.2. The maximum absolute atomic E-state index is 13.5. The summed E-state index contributed by atoms with van der Waals surface area (Å²) in [4.78, 5) is 16.8. The molecule has 3 fully saturated rings. The highest BCUT2D eigenvalue weighted by Crippen LogP contribution is 2.42. The molecule has 1 spiro atoms. The van der Waals surface area contributed by atoms with Gasteiger partial charge in [-0.1, -0.05) is 0 Å². The number of halogens is 9. The van der Waals surface area contributed by atoms with Crippen molar-refractivity contribution in [3.63, 3.8) is 0 Å². The Balaban J connectivity index is 1.44. The van der Waals surface area contributed by atoms with Crippen molar-refractivity contribution in [2.24, 2.45) is 0 Å². The molecule has 208 valence electrons. The second-order valence-corrected chi connectivity index (χ2v) is 9.81. The SMILES string of the molecule is O=C(OC(C(F)(F)F)C(F)(F)F)N1CCC2(CCCN2Cc2cc(N3CCC3)cc(C(F)(F)F)c2)CC1. The second-order valence-electron chi connectivity index (χ2n) is 9.81. The van der Waals surface area contributed by atoms with Gasteiger partial charge in [0.15, 0.2) is 0 Å². The molecule has 0 unspecified atom stereocenters. The summed E-state index contributed by atoms with van der Waals surface area (Å²) < 4.78 is 121. The number of carbonyl (C=O) groups is 1. The van der Waals surface area contributed by atoms with Crippen LogP contribution in [0.3, 0.4) is 0 Å². The smallest absolute Gasteiger partial charge is 0.426 e. The van der Waals surface area contributed by atoms with Crippen LogP contribution in [-0.4, -0.2) is 72.6 Å². The van der Waals surface area contributed by atoms with Crippen molar-refractivity contribution in [2.75, 3.05) is 37.6 Å². The number of piperidine rings is 1. The first-order valence-electron chi connectivity index (χ1n) is 11.9. The number of amides is 1. The van der Waals surface area contributed by atoms with Crippen molar-refractivity contribution in [1.29, 1.82) is 0 Å². The first-order chi connectivity index (χ1) is 17.1. The Hall–Kier alpha value is -2.38. The number of benzene rings is 1. The predicted molar refractivity (Wildman–Crippen MR) is 114 cm³/mol. The van der Waals surface area contributed by atoms with E-state index in [2.05, 4.69) is 4.74 Å². The lowest BCUT2D eigenvalue weighted by Gasteiger charge is -2.45. The number of nitrogens with zero attached hydrogens (tertiary/aromatic N) is 3. The average molecular weight is 547 g/mol. The number of carbonyl (C=O) groups excluding carboxylic acids is 1. The Morgan fingerprint density at radius 2 is 1.46 bits per heavy atom. The normalized spacial score (nSPS) is 21.0. The Morgan fingerprint density at radius 1 is 0.838 bits per heavy atom. The summed E-state index contributed by atoms with van der Waals surface area (Å²) in [5, 5.41) is 0. The van der Waals surface area contributed by atoms with Crippen LogP contribution in [0.5, 0.6) is 0 Å². The number of likely N-dealkylation sites (tertiary alicyclic amines) is 2. The van der Waals surface area contributed by atoms with Crippen LogP contribution in [0.25, 0.3) is 0 Å². The summed E-state index contributed by atoms with van der Waals surface area (Å²) in [6, 6.07) is 3.96. The van der Waals surface area contributed by atoms with Gasteiger partial charge in [-0.15, -0.1) is 0 Å². The molecule has 5 nitrogen and oxygen atoms in total. The van der Waals surface area contributed by atoms with Gasteiger partial charge in [-0.2, -0.15) is 39.5 Å². The molecular weight excluding hydrogens is 521 g/mol. The molecule has 1 amide bonds. The zero-order valence-corrected chi connectivity index (χ0v) is 19.6. The van der Waals surface area contributed by atoms with Gasteiger partial charge in [-0.05, 0) is 62.4 Å². The first-order valence-corrected chi connectivity index (χ1v) is 11.9. The van der Waals surface area contributed by atoms with E-state index in [0.29, 0.717) is 37.3 Å². The third kappa shape index (κ3) is 6.04. The molecule has 1 aromatic carbocycles. The molecule has 14 heteroatoms. The molecule has 3 aliphatic rings. The molecule has 37 heavy (non-hydrogen) atoms. The van der Waals surface area contributed by atoms with Crippen LogP contribution < -0.4 is 4.90 Å². The first kappa shape index (κ1) is 27.6. The lowest BCUT2D eigenvalue weighted by molar-refractivity contribution is -0.308. The average Bonchev–Trinajstić information content (AvgIpc) is 3.10. The predicted octanol–water partition coefficient (Wildman–Crippen LogP) is 5.98. The quantitative estimate of drug-likeness (QED) is 0.435. The highest BCUT2D eigenvalue weighted by molar-refractivity contribution is 5.68. The number of anilines is 1. The number of rotatable bonds is 4. The summed E-state index contributed by atoms with van der Waals surface area (Å²) in [5.74, 6) is 0. The van der Waals surface area contributed by atoms with Crippen molar-refractivity contribution in [2.45, 2.75) is 68.8 Å². The Morgan fingerprint density at radius 3 is 1.97 bits per heavy atom. The number of alkyl halides is 9. The summed E-state index contributed by atoms with van der Waals surface area (Å²) in [6.45, 7) is 1.87. The zero-order valence-electron chi connectivity index (χ0n) is 19.6. The Kier molecular flexibility index (Phi) is 7.27. The van der Waals surface area contributed by atoms with E-state index in [0.717, 1.165) is 29.9 Å². The molecule has 3 saturated heterocycles. The van der Waals surface area contributed by atoms with Crippen molar-refractivity contribution in [3.05, 3.63) is 29.3 Å². The standard InChI is InChI=1S/C23H26F9N3O2/c24-21(25,26)16-11-15(12-17(13-16)33-6-2-7-33)14-35-8-1-3-20(35)4-9-34(10-5-20)19(36)37-18(22(27,28)29)23(30,31)32/h11-13,18H,1-10,14H2. The summed E-state index contributed by atoms with van der Waals surface area (Å²) in [5.41, 5.74) is -0.305. The zero-order chi connectivity index (χ0) is 27.2. The molecule has 1 aromatic rings. The molecule has 0 aliphatic carbocycles. The van der Waals surface area contributed by atoms with Gasteiger partial charge in [0.25, 0.3) is 6.10 Å². The molecule has 0 radical (unpaired) electrons. The van der Waals surface area contributed by atoms with Crippen molar-refractivity contribution in [1.82, 2.24) is 9.80 Å². The molecule has 0 bridgehead atoms. The van der Waals surface area contributed by atoms with Crippen LogP contribution in [-0.2, 0) is 17.5 Å². The Bertz CT molecular complexity index is 967. The van der Waals surface area contributed by atoms with E-state index in [4.69, 9.17) is 0 Å². The van der Waals surface area contributed by atoms with E-state index >= 15 is 0 Å². The van der Waals surface area contributed by atoms with Crippen LogP contribution in [0.1, 0.15) is 43.2 Å². The van der Waals surface area contributed by atoms with E-state index in [9.17, 15) is 44.3 Å². The molecule has 0 aromatic heterocycles. The minimum Gasteiger partial charge on any atom is -0.426 e. The van der Waals surface area contributed by atoms with Gasteiger partial charge in [-0.3, -0.25) is 4.90 Å². The monoisotopic (exact) mass is 547 g/mol. The van der Waals surface area contributed by atoms with Crippen LogP contribution in [0, 0.1) is 0 Å². The molecule has 0 atom stereocenters. The molecule has 3 aliphatic heterocycles. The van der Waals surface area contributed by atoms with Crippen molar-refractivity contribution in [3.8, 4) is 0 Å². The molecule has 0 N–H and O–H groups in total. The van der Waals surface area contributed by atoms with E-state index in [1.807, 2.05) is 9.80 Å². The number of hydrogen-bond donors (Lipinski definition) is 0. The fraction of sp³-hybridized carbons (Fsp3) is 0.696. The van der Waals surface area contributed by atoms with E-state index in [1.54, 1.807) is 6.07 Å². The van der Waals surface area contributed by atoms with Crippen LogP contribution in [0.15, 0.2) is 18.2 Å². The largest absolute Gasteiger partial charge is 0.434 e. The fourth-order valence-corrected chi connectivity index (χ4v) is 5.31. The van der Waals surface area contributed by atoms with Crippen LogP contribution in [0.2, 0.25) is 0 Å². The van der Waals surface area contributed by atoms with Gasteiger partial charge in [-0.25, -0.2) is 4.79 Å². The van der Waals surface area contributed by atoms with Gasteiger partial charge in [0.05, 0.1) is 5.56 Å². The van der Waals surface area contributed by atoms with Gasteiger partial charge in [0.1, 0.15) is 0 Å². The minimum absolute atomic E-state index is 0.126. The molecule has 3 heterocycles. The fourth-order valence-electron chi connectivity index (χ4n) is 5.31. The van der Waals surface area contributed by atoms with Gasteiger partial charge >= 0.3 is 24.6 Å². The van der Waals surface area contributed by atoms with E-state index in [1.165, 1.54) is 0 Å². The lowest BCUT2D eigenvalue weighted by atomic mass is 9.84. The van der Waals surface area contributed by atoms with Gasteiger partial charge in [0.2, 0.25) is 0 Å². The maximum Gasteiger partial charge on any atom is 0.434 e. The van der Waals surface area contributed by atoms with Crippen LogP contribution in [0.4, 0.5) is 50.0 Å². The minimum atomic E-state index is -5.80. The third-order valence-electron chi connectivity index (χ3n) is 7.41. The van der Waals surface area contributed by atoms with Crippen LogP contribution >= 0.6 is 0 Å².